The Balaban J connectivity index is 1.82. The highest BCUT2D eigenvalue weighted by molar-refractivity contribution is 8.00. The van der Waals surface area contributed by atoms with E-state index in [2.05, 4.69) is 10.6 Å². The van der Waals surface area contributed by atoms with Crippen molar-refractivity contribution in [2.45, 2.75) is 42.7 Å². The van der Waals surface area contributed by atoms with Gasteiger partial charge in [-0.2, -0.15) is 11.8 Å². The lowest BCUT2D eigenvalue weighted by Gasteiger charge is -2.27. The summed E-state index contributed by atoms with van der Waals surface area (Å²) in [5.74, 6) is -0.102. The monoisotopic (exact) mass is 260 g/mol. The van der Waals surface area contributed by atoms with Crippen LogP contribution < -0.4 is 10.6 Å². The summed E-state index contributed by atoms with van der Waals surface area (Å²) in [6.45, 7) is 0. The zero-order valence-corrected chi connectivity index (χ0v) is 10.1. The number of carboxylic acids is 1. The SMILES string of the molecule is O=C(O)CCCC[C@@H]1SC[C@H]2NC(=O)N[C@]12O. The zero-order chi connectivity index (χ0) is 12.5. The predicted octanol–water partition coefficient (Wildman–Crippen LogP) is 0.117. The molecular weight excluding hydrogens is 244 g/mol. The van der Waals surface area contributed by atoms with Gasteiger partial charge in [0, 0.05) is 12.2 Å². The van der Waals surface area contributed by atoms with Crippen LogP contribution in [0.1, 0.15) is 25.7 Å². The molecule has 3 atom stereocenters. The largest absolute Gasteiger partial charge is 0.481 e. The minimum Gasteiger partial charge on any atom is -0.481 e. The van der Waals surface area contributed by atoms with Crippen molar-refractivity contribution in [1.82, 2.24) is 10.6 Å². The Labute approximate surface area is 103 Å². The number of hydrogen-bond donors (Lipinski definition) is 4. The molecule has 0 spiro atoms. The van der Waals surface area contributed by atoms with E-state index < -0.39 is 11.7 Å². The van der Waals surface area contributed by atoms with Gasteiger partial charge in [0.15, 0.2) is 5.72 Å². The molecule has 2 aliphatic rings. The number of unbranched alkanes of at least 4 members (excludes halogenated alkanes) is 1. The number of hydrogen-bond acceptors (Lipinski definition) is 4. The molecule has 4 N–H and O–H groups in total. The number of carbonyl (C=O) groups excluding carboxylic acids is 1. The van der Waals surface area contributed by atoms with Gasteiger partial charge in [0.2, 0.25) is 0 Å². The lowest BCUT2D eigenvalue weighted by atomic mass is 9.99. The Morgan fingerprint density at radius 2 is 2.29 bits per heavy atom. The van der Waals surface area contributed by atoms with Crippen LogP contribution in [0.2, 0.25) is 0 Å². The van der Waals surface area contributed by atoms with E-state index >= 15 is 0 Å². The topological polar surface area (TPSA) is 98.7 Å². The van der Waals surface area contributed by atoms with E-state index in [0.29, 0.717) is 18.6 Å². The average molecular weight is 260 g/mol. The number of rotatable bonds is 5. The van der Waals surface area contributed by atoms with Crippen LogP contribution in [0.4, 0.5) is 4.79 Å². The molecule has 96 valence electrons. The lowest BCUT2D eigenvalue weighted by molar-refractivity contribution is -0.137. The second-order valence-electron chi connectivity index (χ2n) is 4.44. The minimum absolute atomic E-state index is 0.0553. The van der Waals surface area contributed by atoms with Crippen LogP contribution in [-0.2, 0) is 4.79 Å². The molecule has 2 fully saturated rings. The quantitative estimate of drug-likeness (QED) is 0.415. The fourth-order valence-electron chi connectivity index (χ4n) is 2.30. The number of nitrogens with one attached hydrogen (secondary N) is 2. The van der Waals surface area contributed by atoms with Crippen LogP contribution >= 0.6 is 11.8 Å². The molecule has 2 heterocycles. The van der Waals surface area contributed by atoms with Crippen molar-refractivity contribution in [1.29, 1.82) is 0 Å². The van der Waals surface area contributed by atoms with E-state index in [9.17, 15) is 14.7 Å². The molecule has 0 aromatic rings. The number of carbonyl (C=O) groups is 2. The second kappa shape index (κ2) is 4.73. The van der Waals surface area contributed by atoms with Gasteiger partial charge >= 0.3 is 12.0 Å². The molecule has 0 aromatic carbocycles. The summed E-state index contributed by atoms with van der Waals surface area (Å²) >= 11 is 1.62. The Morgan fingerprint density at radius 1 is 1.53 bits per heavy atom. The number of fused-ring (bicyclic) bond motifs is 1. The molecule has 2 saturated heterocycles. The van der Waals surface area contributed by atoms with Gasteiger partial charge in [-0.05, 0) is 12.8 Å². The van der Waals surface area contributed by atoms with Crippen molar-refractivity contribution in [3.63, 3.8) is 0 Å². The normalized spacial score (nSPS) is 35.2. The van der Waals surface area contributed by atoms with E-state index in [-0.39, 0.29) is 23.7 Å². The van der Waals surface area contributed by atoms with Gasteiger partial charge in [-0.3, -0.25) is 4.79 Å². The summed E-state index contributed by atoms with van der Waals surface area (Å²) in [7, 11) is 0. The first-order valence-electron chi connectivity index (χ1n) is 5.67. The van der Waals surface area contributed by atoms with Gasteiger partial charge in [0.25, 0.3) is 0 Å². The number of thioether (sulfide) groups is 1. The van der Waals surface area contributed by atoms with Crippen LogP contribution in [-0.4, -0.2) is 45.0 Å². The molecule has 6 nitrogen and oxygen atoms in total. The lowest BCUT2D eigenvalue weighted by Crippen LogP contribution is -2.53. The van der Waals surface area contributed by atoms with E-state index in [1.807, 2.05) is 0 Å². The van der Waals surface area contributed by atoms with E-state index in [1.54, 1.807) is 11.8 Å². The molecule has 0 unspecified atom stereocenters. The first-order chi connectivity index (χ1) is 8.02. The summed E-state index contributed by atoms with van der Waals surface area (Å²) in [4.78, 5) is 21.5. The molecule has 0 aliphatic carbocycles. The average Bonchev–Trinajstić information content (AvgIpc) is 2.66. The first kappa shape index (κ1) is 12.5. The number of aliphatic carboxylic acids is 1. The number of aliphatic hydroxyl groups is 1. The van der Waals surface area contributed by atoms with Crippen LogP contribution in [0.15, 0.2) is 0 Å². The maximum absolute atomic E-state index is 11.2. The van der Waals surface area contributed by atoms with Gasteiger partial charge in [-0.25, -0.2) is 4.79 Å². The number of urea groups is 1. The van der Waals surface area contributed by atoms with Gasteiger partial charge in [-0.15, -0.1) is 0 Å². The van der Waals surface area contributed by atoms with Crippen LogP contribution in [0, 0.1) is 0 Å². The molecule has 7 heteroatoms. The number of amides is 2. The van der Waals surface area contributed by atoms with Crippen molar-refractivity contribution >= 4 is 23.8 Å². The summed E-state index contributed by atoms with van der Waals surface area (Å²) in [5, 5.41) is 24.0. The van der Waals surface area contributed by atoms with Gasteiger partial charge in [0.05, 0.1) is 11.3 Å². The van der Waals surface area contributed by atoms with Gasteiger partial charge in [-0.1, -0.05) is 6.42 Å². The molecule has 0 bridgehead atoms. The third kappa shape index (κ3) is 2.50. The first-order valence-corrected chi connectivity index (χ1v) is 6.71. The van der Waals surface area contributed by atoms with Crippen LogP contribution in [0.3, 0.4) is 0 Å². The summed E-state index contributed by atoms with van der Waals surface area (Å²) in [6, 6.07) is -0.558. The summed E-state index contributed by atoms with van der Waals surface area (Å²) in [5.41, 5.74) is -1.16. The number of carboxylic acid groups (broad SMARTS) is 1. The van der Waals surface area contributed by atoms with E-state index in [4.69, 9.17) is 5.11 Å². The predicted molar refractivity (Wildman–Crippen MR) is 62.8 cm³/mol. The fraction of sp³-hybridized carbons (Fsp3) is 0.800. The van der Waals surface area contributed by atoms with Crippen molar-refractivity contribution in [2.24, 2.45) is 0 Å². The molecule has 0 saturated carbocycles. The molecule has 0 radical (unpaired) electrons. The minimum atomic E-state index is -1.16. The highest BCUT2D eigenvalue weighted by Gasteiger charge is 2.55. The molecule has 2 amide bonds. The van der Waals surface area contributed by atoms with E-state index in [1.165, 1.54) is 0 Å². The summed E-state index contributed by atoms with van der Waals surface area (Å²) in [6.07, 6.45) is 2.22. The fourth-order valence-corrected chi connectivity index (χ4v) is 3.87. The maximum atomic E-state index is 11.2. The van der Waals surface area contributed by atoms with E-state index in [0.717, 1.165) is 6.42 Å². The third-order valence-corrected chi connectivity index (χ3v) is 4.74. The molecule has 0 aromatic heterocycles. The van der Waals surface area contributed by atoms with Crippen LogP contribution in [0.25, 0.3) is 0 Å². The van der Waals surface area contributed by atoms with Crippen molar-refractivity contribution < 1.29 is 19.8 Å². The van der Waals surface area contributed by atoms with Crippen LogP contribution in [0.5, 0.6) is 0 Å². The Bertz CT molecular complexity index is 338. The smallest absolute Gasteiger partial charge is 0.317 e. The summed E-state index contributed by atoms with van der Waals surface area (Å²) < 4.78 is 0. The third-order valence-electron chi connectivity index (χ3n) is 3.21. The maximum Gasteiger partial charge on any atom is 0.317 e. The second-order valence-corrected chi connectivity index (χ2v) is 5.67. The molecular formula is C10H16N2O4S. The highest BCUT2D eigenvalue weighted by Crippen LogP contribution is 2.39. The highest BCUT2D eigenvalue weighted by atomic mass is 32.2. The van der Waals surface area contributed by atoms with Gasteiger partial charge in [0.1, 0.15) is 0 Å². The van der Waals surface area contributed by atoms with Crippen molar-refractivity contribution in [3.05, 3.63) is 0 Å². The molecule has 17 heavy (non-hydrogen) atoms. The van der Waals surface area contributed by atoms with Crippen molar-refractivity contribution in [3.8, 4) is 0 Å². The Morgan fingerprint density at radius 3 is 3.00 bits per heavy atom. The Hall–Kier alpha value is -0.950. The zero-order valence-electron chi connectivity index (χ0n) is 9.31. The molecule has 2 rings (SSSR count). The molecule has 2 aliphatic heterocycles. The Kier molecular flexibility index (Phi) is 3.48. The van der Waals surface area contributed by atoms with Crippen molar-refractivity contribution in [2.75, 3.05) is 5.75 Å². The standard InChI is InChI=1S/C10H16N2O4S/c13-8(14)4-2-1-3-7-10(16)6(5-17-7)11-9(15)12-10/h6-7,16H,1-5H2,(H,13,14)(H2,11,12,15)/t6-,7+,10-/m1/s1. The van der Waals surface area contributed by atoms with Gasteiger partial charge < -0.3 is 20.8 Å².